The average Bonchev–Trinajstić information content (AvgIpc) is 3.45. The Labute approximate surface area is 283 Å². The standard InChI is InChI=1S/C33H40N6O9S/c1-4-7-23-22-37(6-3)30-29(23)34-31(35-32(30)40)27-21-26(12-13-28(27)46-19-5-2)49(44,45)38-16-14-36(15-17-38)18-20-47-33(41)48-25-10-8-24(9-11-25)39(42)43/h8-13,21-22H,4-7,14-20H2,1-3H3,(H,34,35,40). The number of nitro benzene ring substituents is 1. The van der Waals surface area contributed by atoms with Crippen LogP contribution in [0.5, 0.6) is 11.5 Å². The molecular weight excluding hydrogens is 656 g/mol. The molecule has 3 heterocycles. The summed E-state index contributed by atoms with van der Waals surface area (Å²) in [5.74, 6) is 0.776. The van der Waals surface area contributed by atoms with E-state index in [-0.39, 0.29) is 47.4 Å². The lowest BCUT2D eigenvalue weighted by Crippen LogP contribution is -2.49. The third kappa shape index (κ3) is 8.09. The maximum absolute atomic E-state index is 13.8. The molecule has 0 saturated carbocycles. The van der Waals surface area contributed by atoms with E-state index in [1.54, 1.807) is 6.07 Å². The van der Waals surface area contributed by atoms with Gasteiger partial charge in [0.25, 0.3) is 11.2 Å². The van der Waals surface area contributed by atoms with E-state index >= 15 is 0 Å². The SMILES string of the molecule is CCCOc1ccc(S(=O)(=O)N2CCN(CCOC(=O)Oc3ccc([N+](=O)[O-])cc3)CC2)cc1-c1nc2c(CCC)cn(CC)c2c(=O)[nH]1. The van der Waals surface area contributed by atoms with E-state index in [1.807, 2.05) is 29.5 Å². The largest absolute Gasteiger partial charge is 0.513 e. The predicted molar refractivity (Wildman–Crippen MR) is 182 cm³/mol. The highest BCUT2D eigenvalue weighted by Crippen LogP contribution is 2.33. The topological polar surface area (TPSA) is 179 Å². The summed E-state index contributed by atoms with van der Waals surface area (Å²) in [4.78, 5) is 45.4. The first-order chi connectivity index (χ1) is 23.5. The fourth-order valence-electron chi connectivity index (χ4n) is 5.66. The summed E-state index contributed by atoms with van der Waals surface area (Å²) in [7, 11) is -3.92. The van der Waals surface area contributed by atoms with Crippen molar-refractivity contribution in [2.24, 2.45) is 0 Å². The highest BCUT2D eigenvalue weighted by Gasteiger charge is 2.30. The number of carbonyl (C=O) groups is 1. The van der Waals surface area contributed by atoms with Crippen molar-refractivity contribution < 1.29 is 32.3 Å². The molecule has 262 valence electrons. The second-order valence-electron chi connectivity index (χ2n) is 11.5. The highest BCUT2D eigenvalue weighted by atomic mass is 32.2. The van der Waals surface area contributed by atoms with Gasteiger partial charge in [0.05, 0.1) is 27.5 Å². The van der Waals surface area contributed by atoms with Gasteiger partial charge in [-0.1, -0.05) is 20.3 Å². The zero-order valence-corrected chi connectivity index (χ0v) is 28.5. The number of piperazine rings is 1. The first-order valence-corrected chi connectivity index (χ1v) is 17.7. The average molecular weight is 697 g/mol. The van der Waals surface area contributed by atoms with Gasteiger partial charge in [-0.2, -0.15) is 4.31 Å². The van der Waals surface area contributed by atoms with Crippen LogP contribution in [0.4, 0.5) is 10.5 Å². The van der Waals surface area contributed by atoms with Crippen LogP contribution in [0, 0.1) is 10.1 Å². The van der Waals surface area contributed by atoms with E-state index in [9.17, 15) is 28.1 Å². The van der Waals surface area contributed by atoms with Crippen LogP contribution in [0.3, 0.4) is 0 Å². The van der Waals surface area contributed by atoms with Crippen LogP contribution < -0.4 is 15.0 Å². The fourth-order valence-corrected chi connectivity index (χ4v) is 7.10. The molecular formula is C33H40N6O9S. The Kier molecular flexibility index (Phi) is 11.3. The van der Waals surface area contributed by atoms with E-state index < -0.39 is 21.1 Å². The molecule has 1 aliphatic heterocycles. The molecule has 4 aromatic rings. The van der Waals surface area contributed by atoms with Crippen molar-refractivity contribution in [2.75, 3.05) is 45.9 Å². The summed E-state index contributed by atoms with van der Waals surface area (Å²) in [6.45, 7) is 8.62. The van der Waals surface area contributed by atoms with Crippen LogP contribution in [0.25, 0.3) is 22.4 Å². The highest BCUT2D eigenvalue weighted by molar-refractivity contribution is 7.89. The van der Waals surface area contributed by atoms with Crippen LogP contribution in [0.15, 0.2) is 58.4 Å². The van der Waals surface area contributed by atoms with E-state index in [4.69, 9.17) is 19.2 Å². The number of hydrogen-bond donors (Lipinski definition) is 1. The van der Waals surface area contributed by atoms with E-state index in [0.29, 0.717) is 55.1 Å². The number of non-ortho nitro benzene ring substituents is 1. The quantitative estimate of drug-likeness (QED) is 0.0844. The van der Waals surface area contributed by atoms with Gasteiger partial charge in [0, 0.05) is 57.6 Å². The molecule has 16 heteroatoms. The lowest BCUT2D eigenvalue weighted by molar-refractivity contribution is -0.384. The van der Waals surface area contributed by atoms with Gasteiger partial charge in [-0.25, -0.2) is 18.2 Å². The number of sulfonamides is 1. The zero-order valence-electron chi connectivity index (χ0n) is 27.7. The van der Waals surface area contributed by atoms with E-state index in [2.05, 4.69) is 11.9 Å². The Balaban J connectivity index is 1.27. The molecule has 15 nitrogen and oxygen atoms in total. The number of rotatable bonds is 14. The van der Waals surface area contributed by atoms with Crippen molar-refractivity contribution >= 4 is 32.9 Å². The molecule has 0 spiro atoms. The van der Waals surface area contributed by atoms with Crippen molar-refractivity contribution in [1.82, 2.24) is 23.7 Å². The molecule has 0 amide bonds. The summed E-state index contributed by atoms with van der Waals surface area (Å²) in [5.41, 5.74) is 1.98. The van der Waals surface area contributed by atoms with E-state index in [0.717, 1.165) is 24.8 Å². The summed E-state index contributed by atoms with van der Waals surface area (Å²) in [5, 5.41) is 10.8. The van der Waals surface area contributed by atoms with Gasteiger partial charge >= 0.3 is 6.16 Å². The second kappa shape index (κ2) is 15.6. The molecule has 1 saturated heterocycles. The van der Waals surface area contributed by atoms with Crippen molar-refractivity contribution in [3.05, 3.63) is 74.7 Å². The number of aromatic nitrogens is 3. The number of aryl methyl sites for hydroxylation is 2. The molecule has 2 aromatic carbocycles. The maximum atomic E-state index is 13.8. The minimum atomic E-state index is -3.92. The lowest BCUT2D eigenvalue weighted by atomic mass is 10.1. The number of carbonyl (C=O) groups excluding carboxylic acids is 1. The van der Waals surface area contributed by atoms with Gasteiger partial charge in [0.2, 0.25) is 10.0 Å². The van der Waals surface area contributed by atoms with Crippen LogP contribution in [0.1, 0.15) is 39.2 Å². The van der Waals surface area contributed by atoms with Gasteiger partial charge < -0.3 is 23.8 Å². The molecule has 49 heavy (non-hydrogen) atoms. The minimum absolute atomic E-state index is 0.0122. The lowest BCUT2D eigenvalue weighted by Gasteiger charge is -2.33. The van der Waals surface area contributed by atoms with Crippen LogP contribution in [0.2, 0.25) is 0 Å². The molecule has 1 N–H and O–H groups in total. The van der Waals surface area contributed by atoms with Gasteiger partial charge in [-0.15, -0.1) is 0 Å². The molecule has 0 atom stereocenters. The van der Waals surface area contributed by atoms with Crippen LogP contribution >= 0.6 is 0 Å². The first kappa shape index (κ1) is 35.5. The minimum Gasteiger partial charge on any atom is -0.493 e. The number of ether oxygens (including phenoxy) is 3. The van der Waals surface area contributed by atoms with Crippen molar-refractivity contribution in [3.63, 3.8) is 0 Å². The number of H-pyrrole nitrogens is 1. The normalized spacial score (nSPS) is 14.2. The third-order valence-corrected chi connectivity index (χ3v) is 10.1. The molecule has 1 fully saturated rings. The van der Waals surface area contributed by atoms with Crippen molar-refractivity contribution in [2.45, 2.75) is 51.5 Å². The zero-order chi connectivity index (χ0) is 35.1. The Morgan fingerprint density at radius 3 is 2.41 bits per heavy atom. The number of benzene rings is 2. The number of nitro groups is 1. The van der Waals surface area contributed by atoms with Gasteiger partial charge in [-0.05, 0) is 55.7 Å². The molecule has 0 bridgehead atoms. The van der Waals surface area contributed by atoms with Gasteiger partial charge in [0.15, 0.2) is 0 Å². The summed E-state index contributed by atoms with van der Waals surface area (Å²) in [6, 6.07) is 9.67. The molecule has 0 aliphatic carbocycles. The Hall–Kier alpha value is -4.80. The smallest absolute Gasteiger partial charge is 0.493 e. The predicted octanol–water partition coefficient (Wildman–Crippen LogP) is 4.58. The first-order valence-electron chi connectivity index (χ1n) is 16.3. The molecule has 0 unspecified atom stereocenters. The number of fused-ring (bicyclic) bond motifs is 1. The molecule has 0 radical (unpaired) electrons. The Morgan fingerprint density at radius 1 is 1.02 bits per heavy atom. The van der Waals surface area contributed by atoms with Gasteiger partial charge in [0.1, 0.15) is 29.4 Å². The van der Waals surface area contributed by atoms with Crippen LogP contribution in [-0.2, 0) is 27.7 Å². The number of aromatic amines is 1. The van der Waals surface area contributed by atoms with E-state index in [1.165, 1.54) is 40.7 Å². The summed E-state index contributed by atoms with van der Waals surface area (Å²) >= 11 is 0. The third-order valence-electron chi connectivity index (χ3n) is 8.17. The van der Waals surface area contributed by atoms with Gasteiger partial charge in [-0.3, -0.25) is 19.8 Å². The molecule has 1 aliphatic rings. The summed E-state index contributed by atoms with van der Waals surface area (Å²) in [6.07, 6.45) is 3.37. The van der Waals surface area contributed by atoms with Crippen molar-refractivity contribution in [1.29, 1.82) is 0 Å². The number of nitrogens with one attached hydrogen (secondary N) is 1. The second-order valence-corrected chi connectivity index (χ2v) is 13.4. The fraction of sp³-hybridized carbons (Fsp3) is 0.424. The molecule has 5 rings (SSSR count). The number of hydrogen-bond acceptors (Lipinski definition) is 11. The number of nitrogens with zero attached hydrogens (tertiary/aromatic N) is 5. The molecule has 2 aromatic heterocycles. The maximum Gasteiger partial charge on any atom is 0.513 e. The Bertz CT molecular complexity index is 1970. The summed E-state index contributed by atoms with van der Waals surface area (Å²) < 4.78 is 47.1. The van der Waals surface area contributed by atoms with Crippen LogP contribution in [-0.4, -0.2) is 89.2 Å². The monoisotopic (exact) mass is 696 g/mol. The van der Waals surface area contributed by atoms with Crippen molar-refractivity contribution in [3.8, 4) is 22.9 Å². The Morgan fingerprint density at radius 2 is 1.76 bits per heavy atom.